The largest absolute Gasteiger partial charge is 0.298 e. The predicted molar refractivity (Wildman–Crippen MR) is 63.0 cm³/mol. The van der Waals surface area contributed by atoms with E-state index in [1.807, 2.05) is 19.9 Å². The van der Waals surface area contributed by atoms with Crippen molar-refractivity contribution in [2.75, 3.05) is 0 Å². The van der Waals surface area contributed by atoms with Crippen LogP contribution in [0, 0.1) is 5.82 Å². The van der Waals surface area contributed by atoms with Gasteiger partial charge in [0.15, 0.2) is 0 Å². The van der Waals surface area contributed by atoms with Gasteiger partial charge in [0.1, 0.15) is 12.1 Å². The van der Waals surface area contributed by atoms with Crippen molar-refractivity contribution in [1.29, 1.82) is 0 Å². The Kier molecular flexibility index (Phi) is 3.04. The fraction of sp³-hybridized carbons (Fsp3) is 0.231. The third kappa shape index (κ3) is 2.41. The third-order valence-corrected chi connectivity index (χ3v) is 2.51. The molecule has 88 valence electrons. The Morgan fingerprint density at radius 2 is 2.12 bits per heavy atom. The summed E-state index contributed by atoms with van der Waals surface area (Å²) in [6.45, 7) is 4.07. The van der Waals surface area contributed by atoms with Crippen molar-refractivity contribution in [3.63, 3.8) is 0 Å². The van der Waals surface area contributed by atoms with E-state index in [0.29, 0.717) is 23.5 Å². The molecule has 4 heteroatoms. The van der Waals surface area contributed by atoms with Crippen molar-refractivity contribution in [2.24, 2.45) is 0 Å². The molecule has 2 aromatic rings. The van der Waals surface area contributed by atoms with Crippen LogP contribution < -0.4 is 0 Å². The van der Waals surface area contributed by atoms with Gasteiger partial charge in [-0.1, -0.05) is 13.8 Å². The molecule has 3 nitrogen and oxygen atoms in total. The summed E-state index contributed by atoms with van der Waals surface area (Å²) in [5.41, 5.74) is 1.79. The summed E-state index contributed by atoms with van der Waals surface area (Å²) in [6.07, 6.45) is 2.39. The monoisotopic (exact) mass is 232 g/mol. The minimum absolute atomic E-state index is 0.307. The highest BCUT2D eigenvalue weighted by molar-refractivity contribution is 5.75. The number of hydrogen-bond acceptors (Lipinski definition) is 2. The fourth-order valence-corrected chi connectivity index (χ4v) is 1.59. The lowest BCUT2D eigenvalue weighted by Gasteiger charge is -2.03. The third-order valence-electron chi connectivity index (χ3n) is 2.51. The van der Waals surface area contributed by atoms with Gasteiger partial charge in [0.05, 0.1) is 11.4 Å². The van der Waals surface area contributed by atoms with Crippen LogP contribution in [0.15, 0.2) is 30.5 Å². The highest BCUT2D eigenvalue weighted by Gasteiger charge is 2.06. The molecule has 0 fully saturated rings. The first-order chi connectivity index (χ1) is 8.10. The molecular formula is C13H13FN2O. The molecule has 0 aliphatic rings. The highest BCUT2D eigenvalue weighted by atomic mass is 19.1. The zero-order valence-electron chi connectivity index (χ0n) is 9.72. The number of aldehydes is 1. The zero-order chi connectivity index (χ0) is 12.4. The van der Waals surface area contributed by atoms with Gasteiger partial charge in [-0.3, -0.25) is 4.79 Å². The van der Waals surface area contributed by atoms with Gasteiger partial charge in [0, 0.05) is 11.8 Å². The first-order valence-electron chi connectivity index (χ1n) is 5.42. The van der Waals surface area contributed by atoms with Crippen molar-refractivity contribution >= 4 is 6.29 Å². The minimum Gasteiger partial charge on any atom is -0.298 e. The van der Waals surface area contributed by atoms with E-state index < -0.39 is 5.82 Å². The molecule has 1 aromatic heterocycles. The molecule has 17 heavy (non-hydrogen) atoms. The molecule has 0 saturated carbocycles. The number of carbonyl (C=O) groups is 1. The molecule has 0 bridgehead atoms. The molecule has 1 heterocycles. The number of carbonyl (C=O) groups excluding carboxylic acids is 1. The normalized spacial score (nSPS) is 10.8. The van der Waals surface area contributed by atoms with Crippen molar-refractivity contribution < 1.29 is 9.18 Å². The number of benzene rings is 1. The first kappa shape index (κ1) is 11.5. The molecule has 0 spiro atoms. The SMILES string of the molecule is CC(C)c1ccn(-c2cc(F)cc(C=O)c2)n1. The molecule has 0 unspecified atom stereocenters. The topological polar surface area (TPSA) is 34.9 Å². The smallest absolute Gasteiger partial charge is 0.150 e. The zero-order valence-corrected chi connectivity index (χ0v) is 9.72. The van der Waals surface area contributed by atoms with Gasteiger partial charge in [-0.05, 0) is 30.2 Å². The number of aromatic nitrogens is 2. The minimum atomic E-state index is -0.439. The van der Waals surface area contributed by atoms with E-state index in [1.54, 1.807) is 16.9 Å². The maximum absolute atomic E-state index is 13.3. The Balaban J connectivity index is 2.44. The van der Waals surface area contributed by atoms with Crippen LogP contribution in [0.3, 0.4) is 0 Å². The van der Waals surface area contributed by atoms with Crippen LogP contribution in [0.1, 0.15) is 35.8 Å². The van der Waals surface area contributed by atoms with Gasteiger partial charge < -0.3 is 0 Å². The van der Waals surface area contributed by atoms with Crippen LogP contribution in [0.5, 0.6) is 0 Å². The van der Waals surface area contributed by atoms with E-state index in [4.69, 9.17) is 0 Å². The molecule has 0 saturated heterocycles. The summed E-state index contributed by atoms with van der Waals surface area (Å²) in [5, 5.41) is 4.33. The molecular weight excluding hydrogens is 219 g/mol. The average molecular weight is 232 g/mol. The predicted octanol–water partition coefficient (Wildman–Crippen LogP) is 2.95. The second kappa shape index (κ2) is 4.49. The van der Waals surface area contributed by atoms with E-state index in [9.17, 15) is 9.18 Å². The van der Waals surface area contributed by atoms with Crippen LogP contribution in [0.4, 0.5) is 4.39 Å². The van der Waals surface area contributed by atoms with Gasteiger partial charge in [-0.15, -0.1) is 0 Å². The lowest BCUT2D eigenvalue weighted by molar-refractivity contribution is 0.112. The summed E-state index contributed by atoms with van der Waals surface area (Å²) in [4.78, 5) is 10.7. The Bertz CT molecular complexity index is 546. The van der Waals surface area contributed by atoms with Crippen LogP contribution in [-0.2, 0) is 0 Å². The molecule has 0 aliphatic heterocycles. The number of nitrogens with zero attached hydrogens (tertiary/aromatic N) is 2. The summed E-state index contributed by atoms with van der Waals surface area (Å²) >= 11 is 0. The van der Waals surface area contributed by atoms with Gasteiger partial charge in [-0.25, -0.2) is 9.07 Å². The molecule has 0 aliphatic carbocycles. The number of hydrogen-bond donors (Lipinski definition) is 0. The summed E-state index contributed by atoms with van der Waals surface area (Å²) in [6, 6.07) is 6.04. The lowest BCUT2D eigenvalue weighted by Crippen LogP contribution is -1.99. The van der Waals surface area contributed by atoms with E-state index in [0.717, 1.165) is 5.69 Å². The molecule has 1 aromatic carbocycles. The van der Waals surface area contributed by atoms with E-state index in [2.05, 4.69) is 5.10 Å². The van der Waals surface area contributed by atoms with Gasteiger partial charge in [-0.2, -0.15) is 5.10 Å². The molecule has 2 rings (SSSR count). The first-order valence-corrected chi connectivity index (χ1v) is 5.42. The van der Waals surface area contributed by atoms with Crippen molar-refractivity contribution in [2.45, 2.75) is 19.8 Å². The number of halogens is 1. The Labute approximate surface area is 98.9 Å². The van der Waals surface area contributed by atoms with Gasteiger partial charge in [0.2, 0.25) is 0 Å². The van der Waals surface area contributed by atoms with Crippen LogP contribution >= 0.6 is 0 Å². The molecule has 0 atom stereocenters. The maximum Gasteiger partial charge on any atom is 0.150 e. The van der Waals surface area contributed by atoms with Gasteiger partial charge >= 0.3 is 0 Å². The van der Waals surface area contributed by atoms with E-state index in [-0.39, 0.29) is 0 Å². The quantitative estimate of drug-likeness (QED) is 0.762. The lowest BCUT2D eigenvalue weighted by atomic mass is 10.1. The van der Waals surface area contributed by atoms with Gasteiger partial charge in [0.25, 0.3) is 0 Å². The summed E-state index contributed by atoms with van der Waals surface area (Å²) in [5.74, 6) is -0.124. The van der Waals surface area contributed by atoms with Crippen LogP contribution in [-0.4, -0.2) is 16.1 Å². The summed E-state index contributed by atoms with van der Waals surface area (Å²) < 4.78 is 14.8. The second-order valence-electron chi connectivity index (χ2n) is 4.20. The highest BCUT2D eigenvalue weighted by Crippen LogP contribution is 2.16. The molecule has 0 radical (unpaired) electrons. The van der Waals surface area contributed by atoms with Crippen LogP contribution in [0.2, 0.25) is 0 Å². The molecule has 0 amide bonds. The van der Waals surface area contributed by atoms with E-state index in [1.165, 1.54) is 12.1 Å². The van der Waals surface area contributed by atoms with Crippen molar-refractivity contribution in [1.82, 2.24) is 9.78 Å². The maximum atomic E-state index is 13.3. The van der Waals surface area contributed by atoms with Crippen LogP contribution in [0.25, 0.3) is 5.69 Å². The second-order valence-corrected chi connectivity index (χ2v) is 4.20. The van der Waals surface area contributed by atoms with Crippen molar-refractivity contribution in [3.8, 4) is 5.69 Å². The number of rotatable bonds is 3. The fourth-order valence-electron chi connectivity index (χ4n) is 1.59. The Hall–Kier alpha value is -1.97. The summed E-state index contributed by atoms with van der Waals surface area (Å²) in [7, 11) is 0. The standard InChI is InChI=1S/C13H13FN2O/c1-9(2)13-3-4-16(15-13)12-6-10(8-17)5-11(14)7-12/h3-9H,1-2H3. The van der Waals surface area contributed by atoms with E-state index >= 15 is 0 Å². The Morgan fingerprint density at radius 1 is 1.35 bits per heavy atom. The average Bonchev–Trinajstić information content (AvgIpc) is 2.77. The molecule has 0 N–H and O–H groups in total. The van der Waals surface area contributed by atoms with Crippen molar-refractivity contribution in [3.05, 3.63) is 47.5 Å². The Morgan fingerprint density at radius 3 is 2.71 bits per heavy atom.